The van der Waals surface area contributed by atoms with Gasteiger partial charge in [-0.25, -0.2) is 14.7 Å². The van der Waals surface area contributed by atoms with E-state index in [2.05, 4.69) is 4.99 Å². The van der Waals surface area contributed by atoms with E-state index in [0.717, 1.165) is 16.2 Å². The molecular weight excluding hydrogens is 522 g/mol. The molecule has 0 bridgehead atoms. The number of amides is 2. The van der Waals surface area contributed by atoms with Crippen LogP contribution in [0.15, 0.2) is 69.6 Å². The van der Waals surface area contributed by atoms with E-state index in [9.17, 15) is 24.0 Å². The summed E-state index contributed by atoms with van der Waals surface area (Å²) < 4.78 is 11.9. The molecule has 1 atom stereocenters. The van der Waals surface area contributed by atoms with Crippen LogP contribution in [0.4, 0.5) is 5.69 Å². The van der Waals surface area contributed by atoms with Crippen molar-refractivity contribution in [3.05, 3.63) is 90.6 Å². The number of thiazole rings is 1. The molecule has 2 amide bonds. The van der Waals surface area contributed by atoms with Crippen LogP contribution in [0.3, 0.4) is 0 Å². The maximum absolute atomic E-state index is 14.1. The number of hydrogen-bond acceptors (Lipinski definition) is 9. The first-order valence-corrected chi connectivity index (χ1v) is 12.9. The smallest absolute Gasteiger partial charge is 0.338 e. The topological polar surface area (TPSA) is 124 Å². The number of nitrogens with zero attached hydrogens (tertiary/aromatic N) is 3. The molecule has 5 rings (SSSR count). The normalized spacial score (nSPS) is 17.4. The second-order valence-electron chi connectivity index (χ2n) is 8.84. The van der Waals surface area contributed by atoms with Crippen molar-refractivity contribution in [1.29, 1.82) is 0 Å². The lowest BCUT2D eigenvalue weighted by Crippen LogP contribution is -2.41. The van der Waals surface area contributed by atoms with Crippen LogP contribution in [0.2, 0.25) is 0 Å². The maximum atomic E-state index is 14.1. The fourth-order valence-electron chi connectivity index (χ4n) is 4.79. The Kier molecular flexibility index (Phi) is 6.61. The fraction of sp³-hybridized carbons (Fsp3) is 0.214. The van der Waals surface area contributed by atoms with E-state index in [4.69, 9.17) is 9.47 Å². The second-order valence-corrected chi connectivity index (χ2v) is 9.81. The monoisotopic (exact) mass is 545 g/mol. The van der Waals surface area contributed by atoms with E-state index in [1.807, 2.05) is 0 Å². The van der Waals surface area contributed by atoms with E-state index in [-0.39, 0.29) is 27.1 Å². The molecule has 2 aromatic carbocycles. The molecule has 0 saturated carbocycles. The minimum atomic E-state index is -0.920. The minimum absolute atomic E-state index is 0.104. The number of carbonyl (C=O) groups is 4. The zero-order valence-electron chi connectivity index (χ0n) is 21.5. The molecule has 0 fully saturated rings. The van der Waals surface area contributed by atoms with Gasteiger partial charge >= 0.3 is 11.9 Å². The van der Waals surface area contributed by atoms with Crippen molar-refractivity contribution in [3.63, 3.8) is 0 Å². The fourth-order valence-corrected chi connectivity index (χ4v) is 5.93. The molecule has 0 saturated heterocycles. The van der Waals surface area contributed by atoms with Gasteiger partial charge in [-0.1, -0.05) is 41.7 Å². The van der Waals surface area contributed by atoms with Crippen LogP contribution in [0, 0.1) is 0 Å². The van der Waals surface area contributed by atoms with Gasteiger partial charge in [0.25, 0.3) is 11.5 Å². The number of imide groups is 1. The Hall–Kier alpha value is -4.64. The number of para-hydroxylation sites is 1. The zero-order chi connectivity index (χ0) is 28.0. The molecule has 198 valence electrons. The van der Waals surface area contributed by atoms with Gasteiger partial charge in [-0.05, 0) is 37.6 Å². The molecule has 0 spiro atoms. The highest BCUT2D eigenvalue weighted by Gasteiger charge is 2.38. The van der Waals surface area contributed by atoms with Crippen LogP contribution in [-0.4, -0.2) is 34.9 Å². The van der Waals surface area contributed by atoms with E-state index < -0.39 is 35.4 Å². The molecule has 0 N–H and O–H groups in total. The summed E-state index contributed by atoms with van der Waals surface area (Å²) in [6.07, 6.45) is 0. The van der Waals surface area contributed by atoms with Crippen LogP contribution in [0.1, 0.15) is 44.9 Å². The highest BCUT2D eigenvalue weighted by molar-refractivity contribution is 7.07. The van der Waals surface area contributed by atoms with Crippen molar-refractivity contribution >= 4 is 46.4 Å². The number of ether oxygens (including phenoxy) is 2. The van der Waals surface area contributed by atoms with E-state index in [0.29, 0.717) is 28.3 Å². The SMILES string of the molecule is CCOC(=O)C1=C(C)N=c2s/c(=C3/C(=O)N(C(C)=O)c4ccccc43)c(=O)n2C1c1ccc(OC(C)=O)cc1. The minimum Gasteiger partial charge on any atom is -0.463 e. The molecule has 1 unspecified atom stereocenters. The molecule has 0 aliphatic carbocycles. The standard InChI is InChI=1S/C28H23N3O7S/c1-5-37-27(36)21-14(2)29-28-31(23(21)17-10-12-18(13-11-17)38-16(4)33)26(35)24(39-28)22-19-8-6-7-9-20(19)30(15(3)32)25(22)34/h6-13,23H,5H2,1-4H3/b24-22+. The third kappa shape index (κ3) is 4.30. The quantitative estimate of drug-likeness (QED) is 0.363. The summed E-state index contributed by atoms with van der Waals surface area (Å²) in [6, 6.07) is 12.3. The molecule has 1 aromatic heterocycles. The molecule has 0 radical (unpaired) electrons. The van der Waals surface area contributed by atoms with Crippen molar-refractivity contribution in [3.8, 4) is 5.75 Å². The lowest BCUT2D eigenvalue weighted by Gasteiger charge is -2.24. The number of rotatable bonds is 4. The molecule has 11 heteroatoms. The van der Waals surface area contributed by atoms with Gasteiger partial charge in [-0.2, -0.15) is 0 Å². The summed E-state index contributed by atoms with van der Waals surface area (Å²) in [5.74, 6) is -1.88. The van der Waals surface area contributed by atoms with E-state index in [1.54, 1.807) is 62.4 Å². The first-order chi connectivity index (χ1) is 18.6. The predicted molar refractivity (Wildman–Crippen MR) is 142 cm³/mol. The van der Waals surface area contributed by atoms with E-state index >= 15 is 0 Å². The maximum Gasteiger partial charge on any atom is 0.338 e. The van der Waals surface area contributed by atoms with Gasteiger partial charge in [0.1, 0.15) is 10.3 Å². The Labute approximate surface area is 226 Å². The first kappa shape index (κ1) is 26.0. The van der Waals surface area contributed by atoms with Gasteiger partial charge in [0.05, 0.1) is 35.2 Å². The van der Waals surface area contributed by atoms with Crippen LogP contribution in [0.25, 0.3) is 5.57 Å². The van der Waals surface area contributed by atoms with Crippen LogP contribution < -0.4 is 24.5 Å². The number of allylic oxidation sites excluding steroid dienone is 1. The van der Waals surface area contributed by atoms with Crippen molar-refractivity contribution in [2.45, 2.75) is 33.7 Å². The van der Waals surface area contributed by atoms with Crippen molar-refractivity contribution in [1.82, 2.24) is 4.57 Å². The Morgan fingerprint density at radius 1 is 1.03 bits per heavy atom. The first-order valence-electron chi connectivity index (χ1n) is 12.1. The van der Waals surface area contributed by atoms with Crippen molar-refractivity contribution < 1.29 is 28.7 Å². The Morgan fingerprint density at radius 2 is 1.72 bits per heavy atom. The highest BCUT2D eigenvalue weighted by Crippen LogP contribution is 2.36. The highest BCUT2D eigenvalue weighted by atomic mass is 32.1. The largest absolute Gasteiger partial charge is 0.463 e. The number of benzene rings is 2. The number of carbonyl (C=O) groups excluding carboxylic acids is 4. The van der Waals surface area contributed by atoms with Crippen LogP contribution >= 0.6 is 11.3 Å². The third-order valence-electron chi connectivity index (χ3n) is 6.32. The number of aromatic nitrogens is 1. The summed E-state index contributed by atoms with van der Waals surface area (Å²) in [6.45, 7) is 6.02. The molecular formula is C28H23N3O7S. The average Bonchev–Trinajstić information content (AvgIpc) is 3.35. The number of anilines is 1. The van der Waals surface area contributed by atoms with Gasteiger partial charge in [0.15, 0.2) is 4.80 Å². The van der Waals surface area contributed by atoms with Gasteiger partial charge in [-0.3, -0.25) is 23.7 Å². The van der Waals surface area contributed by atoms with Gasteiger partial charge in [-0.15, -0.1) is 0 Å². The molecule has 3 heterocycles. The number of fused-ring (bicyclic) bond motifs is 2. The van der Waals surface area contributed by atoms with E-state index in [1.165, 1.54) is 18.4 Å². The van der Waals surface area contributed by atoms with Crippen LogP contribution in [-0.2, 0) is 23.9 Å². The molecule has 39 heavy (non-hydrogen) atoms. The summed E-state index contributed by atoms with van der Waals surface area (Å²) in [7, 11) is 0. The number of hydrogen-bond donors (Lipinski definition) is 0. The molecule has 2 aliphatic heterocycles. The van der Waals surface area contributed by atoms with Crippen LogP contribution in [0.5, 0.6) is 5.75 Å². The third-order valence-corrected chi connectivity index (χ3v) is 7.38. The second kappa shape index (κ2) is 9.91. The average molecular weight is 546 g/mol. The van der Waals surface area contributed by atoms with Gasteiger partial charge in [0.2, 0.25) is 5.91 Å². The van der Waals surface area contributed by atoms with Gasteiger partial charge < -0.3 is 9.47 Å². The summed E-state index contributed by atoms with van der Waals surface area (Å²) in [4.78, 5) is 70.2. The summed E-state index contributed by atoms with van der Waals surface area (Å²) >= 11 is 1.01. The molecule has 3 aromatic rings. The Bertz CT molecular complexity index is 1780. The molecule has 10 nitrogen and oxygen atoms in total. The zero-order valence-corrected chi connectivity index (χ0v) is 22.3. The lowest BCUT2D eigenvalue weighted by atomic mass is 9.96. The summed E-state index contributed by atoms with van der Waals surface area (Å²) in [5.41, 5.74) is 1.51. The van der Waals surface area contributed by atoms with Crippen molar-refractivity contribution in [2.75, 3.05) is 11.5 Å². The lowest BCUT2D eigenvalue weighted by molar-refractivity contribution is -0.139. The Balaban J connectivity index is 1.78. The summed E-state index contributed by atoms with van der Waals surface area (Å²) in [5, 5.41) is 0. The van der Waals surface area contributed by atoms with Gasteiger partial charge in [0, 0.05) is 19.4 Å². The Morgan fingerprint density at radius 3 is 2.36 bits per heavy atom. The predicted octanol–water partition coefficient (Wildman–Crippen LogP) is 1.99. The number of esters is 2. The molecule has 2 aliphatic rings. The van der Waals surface area contributed by atoms with Crippen molar-refractivity contribution in [2.24, 2.45) is 4.99 Å².